The number of ether oxygens (including phenoxy) is 1. The van der Waals surface area contributed by atoms with Gasteiger partial charge in [0.05, 0.1) is 12.9 Å². The topological polar surface area (TPSA) is 95.4 Å². The first-order chi connectivity index (χ1) is 7.54. The van der Waals surface area contributed by atoms with Crippen LogP contribution < -0.4 is 11.5 Å². The maximum atomic E-state index is 10.9. The molecule has 0 aliphatic carbocycles. The van der Waals surface area contributed by atoms with Crippen molar-refractivity contribution < 1.29 is 14.3 Å². The lowest BCUT2D eigenvalue weighted by Crippen LogP contribution is -2.11. The van der Waals surface area contributed by atoms with Gasteiger partial charge >= 0.3 is 5.97 Å². The second-order valence-electron chi connectivity index (χ2n) is 2.98. The molecule has 6 heteroatoms. The maximum Gasteiger partial charge on any atom is 0.315 e. The summed E-state index contributed by atoms with van der Waals surface area (Å²) in [7, 11) is 1.32. The molecule has 4 N–H and O–H groups in total. The number of thioether (sulfide) groups is 1. The monoisotopic (exact) mass is 240 g/mol. The third-order valence-corrected chi connectivity index (χ3v) is 2.93. The van der Waals surface area contributed by atoms with Crippen LogP contribution in [-0.4, -0.2) is 24.7 Å². The van der Waals surface area contributed by atoms with E-state index in [1.807, 2.05) is 0 Å². The molecule has 1 aromatic carbocycles. The van der Waals surface area contributed by atoms with Gasteiger partial charge in [-0.05, 0) is 18.2 Å². The highest BCUT2D eigenvalue weighted by molar-refractivity contribution is 8.00. The number of anilines is 1. The van der Waals surface area contributed by atoms with Crippen LogP contribution in [0.3, 0.4) is 0 Å². The molecule has 1 rings (SSSR count). The molecule has 0 unspecified atom stereocenters. The molecule has 0 spiro atoms. The maximum absolute atomic E-state index is 10.9. The highest BCUT2D eigenvalue weighted by Gasteiger charge is 2.07. The molecule has 0 radical (unpaired) electrons. The molecule has 16 heavy (non-hydrogen) atoms. The molecule has 1 aromatic rings. The van der Waals surface area contributed by atoms with Gasteiger partial charge in [0.25, 0.3) is 0 Å². The standard InChI is InChI=1S/C10H12N2O3S/c1-15-9(13)5-16-8-3-2-6(10(12)14)4-7(8)11/h2-4H,5,11H2,1H3,(H2,12,14). The summed E-state index contributed by atoms with van der Waals surface area (Å²) >= 11 is 1.25. The molecular formula is C10H12N2O3S. The van der Waals surface area contributed by atoms with Crippen LogP contribution in [0.2, 0.25) is 0 Å². The Hall–Kier alpha value is -1.69. The summed E-state index contributed by atoms with van der Waals surface area (Å²) in [5.74, 6) is -0.684. The zero-order valence-electron chi connectivity index (χ0n) is 8.73. The van der Waals surface area contributed by atoms with Crippen LogP contribution in [0.1, 0.15) is 10.4 Å². The molecule has 0 aromatic heterocycles. The summed E-state index contributed by atoms with van der Waals surface area (Å²) in [6.45, 7) is 0. The second-order valence-corrected chi connectivity index (χ2v) is 4.00. The quantitative estimate of drug-likeness (QED) is 0.457. The van der Waals surface area contributed by atoms with Crippen molar-refractivity contribution in [2.24, 2.45) is 5.73 Å². The van der Waals surface area contributed by atoms with Gasteiger partial charge in [-0.3, -0.25) is 9.59 Å². The normalized spacial score (nSPS) is 9.81. The van der Waals surface area contributed by atoms with E-state index in [-0.39, 0.29) is 11.7 Å². The van der Waals surface area contributed by atoms with Gasteiger partial charge in [0, 0.05) is 16.1 Å². The van der Waals surface area contributed by atoms with Crippen molar-refractivity contribution in [3.05, 3.63) is 23.8 Å². The van der Waals surface area contributed by atoms with Crippen LogP contribution in [0.15, 0.2) is 23.1 Å². The molecule has 0 aliphatic heterocycles. The summed E-state index contributed by atoms with van der Waals surface area (Å²) in [6.07, 6.45) is 0. The lowest BCUT2D eigenvalue weighted by molar-refractivity contribution is -0.137. The predicted molar refractivity (Wildman–Crippen MR) is 62.1 cm³/mol. The number of nitrogens with two attached hydrogens (primary N) is 2. The van der Waals surface area contributed by atoms with Crippen molar-refractivity contribution >= 4 is 29.3 Å². The Kier molecular flexibility index (Phi) is 4.19. The fraction of sp³-hybridized carbons (Fsp3) is 0.200. The van der Waals surface area contributed by atoms with Gasteiger partial charge in [-0.15, -0.1) is 11.8 Å². The molecule has 0 saturated heterocycles. The van der Waals surface area contributed by atoms with Gasteiger partial charge in [-0.2, -0.15) is 0 Å². The van der Waals surface area contributed by atoms with Gasteiger partial charge in [-0.1, -0.05) is 0 Å². The van der Waals surface area contributed by atoms with Crippen molar-refractivity contribution in [2.75, 3.05) is 18.6 Å². The smallest absolute Gasteiger partial charge is 0.315 e. The van der Waals surface area contributed by atoms with Gasteiger partial charge in [0.15, 0.2) is 0 Å². The minimum absolute atomic E-state index is 0.177. The van der Waals surface area contributed by atoms with E-state index in [1.54, 1.807) is 12.1 Å². The Balaban J connectivity index is 2.75. The first kappa shape index (κ1) is 12.4. The number of carbonyl (C=O) groups excluding carboxylic acids is 2. The van der Waals surface area contributed by atoms with E-state index in [2.05, 4.69) is 4.74 Å². The van der Waals surface area contributed by atoms with E-state index in [0.717, 1.165) is 4.90 Å². The Morgan fingerprint density at radius 3 is 2.62 bits per heavy atom. The first-order valence-corrected chi connectivity index (χ1v) is 5.42. The summed E-state index contributed by atoms with van der Waals surface area (Å²) < 4.78 is 4.50. The molecule has 0 fully saturated rings. The summed E-state index contributed by atoms with van der Waals surface area (Å²) in [4.78, 5) is 22.5. The van der Waals surface area contributed by atoms with Crippen molar-refractivity contribution in [3.63, 3.8) is 0 Å². The second kappa shape index (κ2) is 5.41. The number of primary amides is 1. The molecule has 0 aliphatic rings. The van der Waals surface area contributed by atoms with Gasteiger partial charge < -0.3 is 16.2 Å². The molecule has 1 amide bonds. The van der Waals surface area contributed by atoms with E-state index in [1.165, 1.54) is 24.9 Å². The van der Waals surface area contributed by atoms with Crippen molar-refractivity contribution in [2.45, 2.75) is 4.90 Å². The van der Waals surface area contributed by atoms with E-state index in [9.17, 15) is 9.59 Å². The minimum atomic E-state index is -0.531. The van der Waals surface area contributed by atoms with Crippen LogP contribution in [0.25, 0.3) is 0 Å². The van der Waals surface area contributed by atoms with Crippen LogP contribution >= 0.6 is 11.8 Å². The van der Waals surface area contributed by atoms with E-state index in [4.69, 9.17) is 11.5 Å². The molecular weight excluding hydrogens is 228 g/mol. The number of carbonyl (C=O) groups is 2. The molecule has 5 nitrogen and oxygen atoms in total. The van der Waals surface area contributed by atoms with Crippen molar-refractivity contribution in [1.82, 2.24) is 0 Å². The molecule has 0 saturated carbocycles. The van der Waals surface area contributed by atoms with Crippen LogP contribution in [0, 0.1) is 0 Å². The lowest BCUT2D eigenvalue weighted by atomic mass is 10.2. The van der Waals surface area contributed by atoms with Crippen LogP contribution in [0.5, 0.6) is 0 Å². The summed E-state index contributed by atoms with van der Waals surface area (Å²) in [5, 5.41) is 0. The largest absolute Gasteiger partial charge is 0.468 e. The Labute approximate surface area is 97.1 Å². The third-order valence-electron chi connectivity index (χ3n) is 1.87. The Bertz CT molecular complexity index is 421. The van der Waals surface area contributed by atoms with E-state index >= 15 is 0 Å². The molecule has 0 bridgehead atoms. The predicted octanol–water partition coefficient (Wildman–Crippen LogP) is 0.633. The third kappa shape index (κ3) is 3.16. The number of methoxy groups -OCH3 is 1. The van der Waals surface area contributed by atoms with Crippen molar-refractivity contribution in [3.8, 4) is 0 Å². The van der Waals surface area contributed by atoms with Crippen LogP contribution in [0.4, 0.5) is 5.69 Å². The lowest BCUT2D eigenvalue weighted by Gasteiger charge is -2.05. The average Bonchev–Trinajstić information content (AvgIpc) is 2.26. The Morgan fingerprint density at radius 1 is 1.44 bits per heavy atom. The molecule has 0 heterocycles. The summed E-state index contributed by atoms with van der Waals surface area (Å²) in [6, 6.07) is 4.71. The number of hydrogen-bond donors (Lipinski definition) is 2. The highest BCUT2D eigenvalue weighted by Crippen LogP contribution is 2.25. The Morgan fingerprint density at radius 2 is 2.12 bits per heavy atom. The zero-order valence-corrected chi connectivity index (χ0v) is 9.54. The SMILES string of the molecule is COC(=O)CSc1ccc(C(N)=O)cc1N. The highest BCUT2D eigenvalue weighted by atomic mass is 32.2. The van der Waals surface area contributed by atoms with E-state index in [0.29, 0.717) is 11.3 Å². The number of rotatable bonds is 4. The zero-order chi connectivity index (χ0) is 12.1. The van der Waals surface area contributed by atoms with Crippen molar-refractivity contribution in [1.29, 1.82) is 0 Å². The van der Waals surface area contributed by atoms with Crippen LogP contribution in [-0.2, 0) is 9.53 Å². The van der Waals surface area contributed by atoms with E-state index < -0.39 is 5.91 Å². The fourth-order valence-electron chi connectivity index (χ4n) is 1.03. The fourth-order valence-corrected chi connectivity index (χ4v) is 1.81. The summed E-state index contributed by atoms with van der Waals surface area (Å²) in [5.41, 5.74) is 11.6. The van der Waals surface area contributed by atoms with Gasteiger partial charge in [0.2, 0.25) is 5.91 Å². The number of esters is 1. The first-order valence-electron chi connectivity index (χ1n) is 4.43. The number of amides is 1. The molecule has 86 valence electrons. The minimum Gasteiger partial charge on any atom is -0.468 e. The average molecular weight is 240 g/mol. The number of nitrogen functional groups attached to an aromatic ring is 1. The van der Waals surface area contributed by atoms with Gasteiger partial charge in [-0.25, -0.2) is 0 Å². The number of hydrogen-bond acceptors (Lipinski definition) is 5. The van der Waals surface area contributed by atoms with Gasteiger partial charge in [0.1, 0.15) is 0 Å². The molecule has 0 atom stereocenters. The number of benzene rings is 1.